The number of hydrogen-bond donors (Lipinski definition) is 2. The molecule has 0 aliphatic heterocycles. The predicted octanol–water partition coefficient (Wildman–Crippen LogP) is 1.62. The molecule has 0 spiro atoms. The Kier molecular flexibility index (Phi) is 3.00. The molecule has 2 aromatic heterocycles. The zero-order valence-electron chi connectivity index (χ0n) is 9.34. The topological polar surface area (TPSA) is 80.9 Å². The van der Waals surface area contributed by atoms with Crippen LogP contribution in [0.15, 0.2) is 36.8 Å². The summed E-state index contributed by atoms with van der Waals surface area (Å²) >= 11 is 0. The highest BCUT2D eigenvalue weighted by Gasteiger charge is 2.10. The van der Waals surface area contributed by atoms with Crippen LogP contribution in [0.3, 0.4) is 0 Å². The molecule has 5 heteroatoms. The van der Waals surface area contributed by atoms with Gasteiger partial charge in [-0.3, -0.25) is 9.78 Å². The van der Waals surface area contributed by atoms with Crippen LogP contribution >= 0.6 is 0 Å². The lowest BCUT2D eigenvalue weighted by Crippen LogP contribution is -2.15. The molecule has 0 radical (unpaired) electrons. The number of pyridine rings is 2. The van der Waals surface area contributed by atoms with Gasteiger partial charge in [-0.15, -0.1) is 0 Å². The van der Waals surface area contributed by atoms with Crippen LogP contribution in [0, 0.1) is 6.92 Å². The predicted molar refractivity (Wildman–Crippen MR) is 65.6 cm³/mol. The van der Waals surface area contributed by atoms with Crippen molar-refractivity contribution in [1.82, 2.24) is 9.97 Å². The molecule has 17 heavy (non-hydrogen) atoms. The fourth-order valence-corrected chi connectivity index (χ4v) is 1.38. The van der Waals surface area contributed by atoms with Gasteiger partial charge in [0.15, 0.2) is 0 Å². The maximum atomic E-state index is 11.9. The molecule has 0 fully saturated rings. The van der Waals surface area contributed by atoms with E-state index in [2.05, 4.69) is 15.3 Å². The van der Waals surface area contributed by atoms with Crippen molar-refractivity contribution in [2.75, 3.05) is 11.1 Å². The Morgan fingerprint density at radius 3 is 2.88 bits per heavy atom. The molecule has 1 amide bonds. The van der Waals surface area contributed by atoms with E-state index in [-0.39, 0.29) is 5.91 Å². The number of nitrogens with zero attached hydrogens (tertiary/aromatic N) is 2. The monoisotopic (exact) mass is 228 g/mol. The van der Waals surface area contributed by atoms with Crippen LogP contribution in [-0.4, -0.2) is 15.9 Å². The number of nitrogens with two attached hydrogens (primary N) is 1. The largest absolute Gasteiger partial charge is 0.398 e. The maximum absolute atomic E-state index is 11.9. The molecule has 0 atom stereocenters. The van der Waals surface area contributed by atoms with E-state index in [0.717, 1.165) is 5.56 Å². The molecule has 0 bridgehead atoms. The number of amides is 1. The van der Waals surface area contributed by atoms with Crippen LogP contribution in [0.4, 0.5) is 11.5 Å². The second-order valence-electron chi connectivity index (χ2n) is 3.64. The van der Waals surface area contributed by atoms with Crippen molar-refractivity contribution in [1.29, 1.82) is 0 Å². The number of aryl methyl sites for hydroxylation is 1. The molecule has 2 aromatic rings. The maximum Gasteiger partial charge on any atom is 0.260 e. The Morgan fingerprint density at radius 2 is 2.18 bits per heavy atom. The first kappa shape index (κ1) is 11.1. The second kappa shape index (κ2) is 4.61. The van der Waals surface area contributed by atoms with Crippen LogP contribution in [-0.2, 0) is 0 Å². The van der Waals surface area contributed by atoms with Gasteiger partial charge in [0.05, 0.1) is 5.56 Å². The minimum absolute atomic E-state index is 0.311. The van der Waals surface area contributed by atoms with E-state index in [1.165, 1.54) is 12.4 Å². The summed E-state index contributed by atoms with van der Waals surface area (Å²) in [5.74, 6) is 0.187. The highest BCUT2D eigenvalue weighted by Crippen LogP contribution is 2.12. The quantitative estimate of drug-likeness (QED) is 0.818. The number of nitrogen functional groups attached to an aromatic ring is 1. The number of anilines is 2. The molecule has 2 rings (SSSR count). The molecule has 0 aliphatic rings. The van der Waals surface area contributed by atoms with Gasteiger partial charge in [-0.1, -0.05) is 0 Å². The van der Waals surface area contributed by atoms with Gasteiger partial charge in [-0.05, 0) is 30.7 Å². The van der Waals surface area contributed by atoms with Crippen molar-refractivity contribution in [2.24, 2.45) is 0 Å². The van der Waals surface area contributed by atoms with Gasteiger partial charge < -0.3 is 11.1 Å². The number of carbonyl (C=O) groups is 1. The number of hydrogen-bond acceptors (Lipinski definition) is 4. The third-order valence-electron chi connectivity index (χ3n) is 2.26. The summed E-state index contributed by atoms with van der Waals surface area (Å²) in [6.07, 6.45) is 4.61. The van der Waals surface area contributed by atoms with E-state index in [1.54, 1.807) is 18.3 Å². The Morgan fingerprint density at radius 1 is 1.35 bits per heavy atom. The van der Waals surface area contributed by atoms with Gasteiger partial charge in [0.2, 0.25) is 0 Å². The van der Waals surface area contributed by atoms with Crippen LogP contribution in [0.1, 0.15) is 15.9 Å². The lowest BCUT2D eigenvalue weighted by Gasteiger charge is -2.06. The summed E-state index contributed by atoms with van der Waals surface area (Å²) < 4.78 is 0. The fraction of sp³-hybridized carbons (Fsp3) is 0.0833. The smallest absolute Gasteiger partial charge is 0.260 e. The Bertz CT molecular complexity index is 554. The van der Waals surface area contributed by atoms with E-state index in [9.17, 15) is 4.79 Å². The fourth-order valence-electron chi connectivity index (χ4n) is 1.38. The molecule has 3 N–H and O–H groups in total. The summed E-state index contributed by atoms with van der Waals surface area (Å²) in [7, 11) is 0. The SMILES string of the molecule is Cc1ccnc(NC(=O)c2cnccc2N)c1. The normalized spacial score (nSPS) is 9.94. The number of carbonyl (C=O) groups excluding carboxylic acids is 1. The summed E-state index contributed by atoms with van der Waals surface area (Å²) in [5, 5.41) is 2.67. The number of aromatic nitrogens is 2. The second-order valence-corrected chi connectivity index (χ2v) is 3.64. The zero-order chi connectivity index (χ0) is 12.3. The number of nitrogens with one attached hydrogen (secondary N) is 1. The van der Waals surface area contributed by atoms with E-state index in [4.69, 9.17) is 5.73 Å². The standard InChI is InChI=1S/C12H12N4O/c1-8-2-5-15-11(6-8)16-12(17)9-7-14-4-3-10(9)13/h2-7H,1H3,(H2,13,14)(H,15,16,17). The van der Waals surface area contributed by atoms with Gasteiger partial charge >= 0.3 is 0 Å². The molecule has 0 saturated carbocycles. The molecule has 86 valence electrons. The highest BCUT2D eigenvalue weighted by atomic mass is 16.1. The van der Waals surface area contributed by atoms with Crippen LogP contribution < -0.4 is 11.1 Å². The van der Waals surface area contributed by atoms with Crippen molar-refractivity contribution in [3.05, 3.63) is 47.9 Å². The minimum Gasteiger partial charge on any atom is -0.398 e. The molecular weight excluding hydrogens is 216 g/mol. The first-order chi connectivity index (χ1) is 8.16. The van der Waals surface area contributed by atoms with Crippen LogP contribution in [0.5, 0.6) is 0 Å². The summed E-state index contributed by atoms with van der Waals surface area (Å²) in [5.41, 5.74) is 7.44. The van der Waals surface area contributed by atoms with E-state index < -0.39 is 0 Å². The lowest BCUT2D eigenvalue weighted by atomic mass is 10.2. The van der Waals surface area contributed by atoms with E-state index in [1.807, 2.05) is 13.0 Å². The molecule has 0 unspecified atom stereocenters. The van der Waals surface area contributed by atoms with Crippen molar-refractivity contribution in [2.45, 2.75) is 6.92 Å². The molecule has 0 aromatic carbocycles. The Balaban J connectivity index is 2.20. The average molecular weight is 228 g/mol. The van der Waals surface area contributed by atoms with Gasteiger partial charge in [0, 0.05) is 24.3 Å². The zero-order valence-corrected chi connectivity index (χ0v) is 9.34. The first-order valence-corrected chi connectivity index (χ1v) is 5.10. The van der Waals surface area contributed by atoms with Gasteiger partial charge in [0.25, 0.3) is 5.91 Å². The summed E-state index contributed by atoms with van der Waals surface area (Å²) in [6, 6.07) is 5.22. The van der Waals surface area contributed by atoms with E-state index in [0.29, 0.717) is 17.1 Å². The average Bonchev–Trinajstić information content (AvgIpc) is 2.29. The van der Waals surface area contributed by atoms with Crippen molar-refractivity contribution < 1.29 is 4.79 Å². The van der Waals surface area contributed by atoms with Crippen molar-refractivity contribution >= 4 is 17.4 Å². The highest BCUT2D eigenvalue weighted by molar-refractivity contribution is 6.07. The molecule has 0 aliphatic carbocycles. The lowest BCUT2D eigenvalue weighted by molar-refractivity contribution is 0.102. The summed E-state index contributed by atoms with van der Waals surface area (Å²) in [4.78, 5) is 19.8. The van der Waals surface area contributed by atoms with Gasteiger partial charge in [-0.2, -0.15) is 0 Å². The molecule has 0 saturated heterocycles. The van der Waals surface area contributed by atoms with Crippen molar-refractivity contribution in [3.8, 4) is 0 Å². The molecule has 5 nitrogen and oxygen atoms in total. The van der Waals surface area contributed by atoms with Gasteiger partial charge in [-0.25, -0.2) is 4.98 Å². The third kappa shape index (κ3) is 2.57. The van der Waals surface area contributed by atoms with Crippen molar-refractivity contribution in [3.63, 3.8) is 0 Å². The first-order valence-electron chi connectivity index (χ1n) is 5.10. The molecular formula is C12H12N4O. The van der Waals surface area contributed by atoms with E-state index >= 15 is 0 Å². The number of rotatable bonds is 2. The van der Waals surface area contributed by atoms with Gasteiger partial charge in [0.1, 0.15) is 5.82 Å². The molecule has 2 heterocycles. The Hall–Kier alpha value is -2.43. The minimum atomic E-state index is -0.311. The van der Waals surface area contributed by atoms with Crippen LogP contribution in [0.25, 0.3) is 0 Å². The third-order valence-corrected chi connectivity index (χ3v) is 2.26. The van der Waals surface area contributed by atoms with Crippen LogP contribution in [0.2, 0.25) is 0 Å². The summed E-state index contributed by atoms with van der Waals surface area (Å²) in [6.45, 7) is 1.93. The Labute approximate surface area is 98.7 Å².